The van der Waals surface area contributed by atoms with E-state index in [4.69, 9.17) is 0 Å². The van der Waals surface area contributed by atoms with Crippen LogP contribution in [0.2, 0.25) is 0 Å². The summed E-state index contributed by atoms with van der Waals surface area (Å²) in [4.78, 5) is 0. The SMILES string of the molecule is CCCCCSCC(NCCC)C1CCCCC1. The third-order valence-electron chi connectivity index (χ3n) is 4.07. The van der Waals surface area contributed by atoms with E-state index in [0.29, 0.717) is 0 Å². The van der Waals surface area contributed by atoms with Gasteiger partial charge in [-0.1, -0.05) is 46.0 Å². The molecule has 108 valence electrons. The molecule has 1 aliphatic rings. The van der Waals surface area contributed by atoms with Gasteiger partial charge in [0.25, 0.3) is 0 Å². The van der Waals surface area contributed by atoms with Gasteiger partial charge in [0.05, 0.1) is 0 Å². The van der Waals surface area contributed by atoms with Crippen molar-refractivity contribution in [1.82, 2.24) is 5.32 Å². The van der Waals surface area contributed by atoms with Gasteiger partial charge in [-0.3, -0.25) is 0 Å². The number of hydrogen-bond acceptors (Lipinski definition) is 2. The molecule has 18 heavy (non-hydrogen) atoms. The lowest BCUT2D eigenvalue weighted by molar-refractivity contribution is 0.285. The lowest BCUT2D eigenvalue weighted by atomic mass is 9.84. The Bertz CT molecular complexity index is 178. The molecule has 0 saturated heterocycles. The largest absolute Gasteiger partial charge is 0.313 e. The van der Waals surface area contributed by atoms with E-state index in [-0.39, 0.29) is 0 Å². The Hall–Kier alpha value is 0.310. The molecule has 0 aromatic carbocycles. The Morgan fingerprint density at radius 2 is 1.83 bits per heavy atom. The number of thioether (sulfide) groups is 1. The normalized spacial score (nSPS) is 19.0. The molecular formula is C16H33NS. The minimum Gasteiger partial charge on any atom is -0.313 e. The Labute approximate surface area is 119 Å². The van der Waals surface area contributed by atoms with E-state index >= 15 is 0 Å². The van der Waals surface area contributed by atoms with E-state index in [2.05, 4.69) is 30.9 Å². The molecule has 0 radical (unpaired) electrons. The number of hydrogen-bond donors (Lipinski definition) is 1. The van der Waals surface area contributed by atoms with Crippen molar-refractivity contribution in [1.29, 1.82) is 0 Å². The predicted molar refractivity (Wildman–Crippen MR) is 85.5 cm³/mol. The van der Waals surface area contributed by atoms with Crippen molar-refractivity contribution in [2.75, 3.05) is 18.1 Å². The fraction of sp³-hybridized carbons (Fsp3) is 1.00. The molecule has 0 aliphatic heterocycles. The van der Waals surface area contributed by atoms with E-state index in [1.54, 1.807) is 0 Å². The highest BCUT2D eigenvalue weighted by atomic mass is 32.2. The van der Waals surface area contributed by atoms with Crippen molar-refractivity contribution >= 4 is 11.8 Å². The molecule has 0 amide bonds. The predicted octanol–water partition coefficient (Wildman–Crippen LogP) is 4.86. The monoisotopic (exact) mass is 271 g/mol. The third kappa shape index (κ3) is 7.04. The Kier molecular flexibility index (Phi) is 10.1. The van der Waals surface area contributed by atoms with Crippen molar-refractivity contribution in [3.63, 3.8) is 0 Å². The average molecular weight is 272 g/mol. The van der Waals surface area contributed by atoms with Crippen molar-refractivity contribution in [2.24, 2.45) is 5.92 Å². The Morgan fingerprint density at radius 1 is 1.06 bits per heavy atom. The minimum atomic E-state index is 0.789. The van der Waals surface area contributed by atoms with Crippen LogP contribution in [0.1, 0.15) is 71.6 Å². The summed E-state index contributed by atoms with van der Waals surface area (Å²) in [5.41, 5.74) is 0. The van der Waals surface area contributed by atoms with Gasteiger partial charge in [-0.25, -0.2) is 0 Å². The molecule has 1 fully saturated rings. The maximum atomic E-state index is 3.81. The first-order chi connectivity index (χ1) is 8.88. The zero-order chi connectivity index (χ0) is 13.1. The average Bonchev–Trinajstić information content (AvgIpc) is 2.43. The van der Waals surface area contributed by atoms with Crippen molar-refractivity contribution < 1.29 is 0 Å². The minimum absolute atomic E-state index is 0.789. The highest BCUT2D eigenvalue weighted by Crippen LogP contribution is 2.28. The van der Waals surface area contributed by atoms with Crippen LogP contribution in [-0.2, 0) is 0 Å². The van der Waals surface area contributed by atoms with Crippen LogP contribution in [-0.4, -0.2) is 24.1 Å². The molecule has 1 N–H and O–H groups in total. The summed E-state index contributed by atoms with van der Waals surface area (Å²) in [6, 6.07) is 0.789. The number of rotatable bonds is 10. The second-order valence-corrected chi connectivity index (χ2v) is 6.89. The van der Waals surface area contributed by atoms with Gasteiger partial charge < -0.3 is 5.32 Å². The molecule has 0 bridgehead atoms. The maximum absolute atomic E-state index is 3.81. The Morgan fingerprint density at radius 3 is 2.50 bits per heavy atom. The molecule has 0 heterocycles. The summed E-state index contributed by atoms with van der Waals surface area (Å²) in [5, 5.41) is 3.81. The highest BCUT2D eigenvalue weighted by Gasteiger charge is 2.22. The first-order valence-electron chi connectivity index (χ1n) is 8.19. The summed E-state index contributed by atoms with van der Waals surface area (Å²) in [6.07, 6.45) is 12.8. The smallest absolute Gasteiger partial charge is 0.0186 e. The van der Waals surface area contributed by atoms with Crippen LogP contribution in [0.25, 0.3) is 0 Å². The van der Waals surface area contributed by atoms with Gasteiger partial charge in [-0.05, 0) is 43.9 Å². The van der Waals surface area contributed by atoms with E-state index in [1.165, 1.54) is 75.8 Å². The van der Waals surface area contributed by atoms with Crippen molar-refractivity contribution in [2.45, 2.75) is 77.7 Å². The van der Waals surface area contributed by atoms with E-state index in [0.717, 1.165) is 12.0 Å². The van der Waals surface area contributed by atoms with E-state index in [9.17, 15) is 0 Å². The summed E-state index contributed by atoms with van der Waals surface area (Å²) >= 11 is 2.18. The third-order valence-corrected chi connectivity index (χ3v) is 5.24. The lowest BCUT2D eigenvalue weighted by Gasteiger charge is -2.31. The fourth-order valence-electron chi connectivity index (χ4n) is 2.89. The summed E-state index contributed by atoms with van der Waals surface area (Å²) < 4.78 is 0. The zero-order valence-electron chi connectivity index (χ0n) is 12.5. The topological polar surface area (TPSA) is 12.0 Å². The van der Waals surface area contributed by atoms with E-state index in [1.807, 2.05) is 0 Å². The van der Waals surface area contributed by atoms with Crippen molar-refractivity contribution in [3.05, 3.63) is 0 Å². The van der Waals surface area contributed by atoms with Crippen LogP contribution in [0.5, 0.6) is 0 Å². The molecule has 1 nitrogen and oxygen atoms in total. The van der Waals surface area contributed by atoms with Gasteiger partial charge in [-0.15, -0.1) is 0 Å². The quantitative estimate of drug-likeness (QED) is 0.570. The molecule has 0 aromatic heterocycles. The number of nitrogens with one attached hydrogen (secondary N) is 1. The van der Waals surface area contributed by atoms with Crippen LogP contribution in [0, 0.1) is 5.92 Å². The maximum Gasteiger partial charge on any atom is 0.0186 e. The molecule has 0 aromatic rings. The molecule has 0 spiro atoms. The molecule has 1 unspecified atom stereocenters. The first kappa shape index (κ1) is 16.4. The van der Waals surface area contributed by atoms with Crippen LogP contribution in [0.15, 0.2) is 0 Å². The van der Waals surface area contributed by atoms with Crippen molar-refractivity contribution in [3.8, 4) is 0 Å². The van der Waals surface area contributed by atoms with Gasteiger partial charge in [0, 0.05) is 11.8 Å². The highest BCUT2D eigenvalue weighted by molar-refractivity contribution is 7.99. The van der Waals surface area contributed by atoms with Gasteiger partial charge >= 0.3 is 0 Å². The first-order valence-corrected chi connectivity index (χ1v) is 9.35. The molecule has 2 heteroatoms. The van der Waals surface area contributed by atoms with Crippen LogP contribution in [0.4, 0.5) is 0 Å². The van der Waals surface area contributed by atoms with Gasteiger partial charge in [0.2, 0.25) is 0 Å². The Balaban J connectivity index is 2.21. The lowest BCUT2D eigenvalue weighted by Crippen LogP contribution is -2.39. The van der Waals surface area contributed by atoms with Gasteiger partial charge in [0.1, 0.15) is 0 Å². The molecule has 1 saturated carbocycles. The molecule has 1 atom stereocenters. The van der Waals surface area contributed by atoms with Crippen LogP contribution in [0.3, 0.4) is 0 Å². The second kappa shape index (κ2) is 11.2. The molecule has 1 aliphatic carbocycles. The van der Waals surface area contributed by atoms with Gasteiger partial charge in [-0.2, -0.15) is 11.8 Å². The summed E-state index contributed by atoms with van der Waals surface area (Å²) in [7, 11) is 0. The van der Waals surface area contributed by atoms with E-state index < -0.39 is 0 Å². The number of unbranched alkanes of at least 4 members (excludes halogenated alkanes) is 2. The summed E-state index contributed by atoms with van der Waals surface area (Å²) in [5.74, 6) is 3.67. The van der Waals surface area contributed by atoms with Crippen LogP contribution < -0.4 is 5.32 Å². The fourth-order valence-corrected chi connectivity index (χ4v) is 4.11. The standard InChI is InChI=1S/C16H33NS/c1-3-5-9-13-18-14-16(17-12-4-2)15-10-7-6-8-11-15/h15-17H,3-14H2,1-2H3. The molecular weight excluding hydrogens is 238 g/mol. The summed E-state index contributed by atoms with van der Waals surface area (Å²) in [6.45, 7) is 5.77. The second-order valence-electron chi connectivity index (χ2n) is 5.74. The van der Waals surface area contributed by atoms with Gasteiger partial charge in [0.15, 0.2) is 0 Å². The zero-order valence-corrected chi connectivity index (χ0v) is 13.4. The van der Waals surface area contributed by atoms with Crippen LogP contribution >= 0.6 is 11.8 Å². The molecule has 1 rings (SSSR count).